The van der Waals surface area contributed by atoms with E-state index < -0.39 is 6.04 Å². The van der Waals surface area contributed by atoms with E-state index in [4.69, 9.17) is 10.3 Å². The molecular weight excluding hydrogens is 381 g/mol. The van der Waals surface area contributed by atoms with Gasteiger partial charge in [0, 0.05) is 32.2 Å². The molecule has 1 aliphatic heterocycles. The molecule has 10 heteroatoms. The highest BCUT2D eigenvalue weighted by Gasteiger charge is 2.26. The van der Waals surface area contributed by atoms with E-state index in [1.807, 2.05) is 4.90 Å². The van der Waals surface area contributed by atoms with E-state index in [-0.39, 0.29) is 43.2 Å². The van der Waals surface area contributed by atoms with E-state index >= 15 is 0 Å². The standard InChI is InChI=1S/C16H27N5O3.2ClH/c1-11(2)8-13(17)16(23)21-6-4-20(5-7-21)10-15(22)18-14-9-12(3)24-19-14;;/h9,11,13H,4-8,10,17H2,1-3H3,(H,18,19,22);2*1H/t13-;;/m0../s1. The number of nitrogens with two attached hydrogens (primary N) is 1. The lowest BCUT2D eigenvalue weighted by Crippen LogP contribution is -2.54. The molecule has 1 aliphatic rings. The Morgan fingerprint density at radius 2 is 1.88 bits per heavy atom. The van der Waals surface area contributed by atoms with E-state index in [0.29, 0.717) is 50.1 Å². The second-order valence-electron chi connectivity index (χ2n) is 6.71. The van der Waals surface area contributed by atoms with Gasteiger partial charge in [-0.1, -0.05) is 19.0 Å². The van der Waals surface area contributed by atoms with Crippen LogP contribution in [-0.2, 0) is 9.59 Å². The molecule has 1 atom stereocenters. The topological polar surface area (TPSA) is 105 Å². The summed E-state index contributed by atoms with van der Waals surface area (Å²) in [5.41, 5.74) is 5.97. The number of hydrogen-bond donors (Lipinski definition) is 2. The smallest absolute Gasteiger partial charge is 0.239 e. The lowest BCUT2D eigenvalue weighted by atomic mass is 10.0. The number of rotatable bonds is 6. The number of nitrogens with zero attached hydrogens (tertiary/aromatic N) is 3. The third-order valence-electron chi connectivity index (χ3n) is 3.99. The normalized spacial score (nSPS) is 15.8. The molecule has 0 radical (unpaired) electrons. The molecule has 0 unspecified atom stereocenters. The Morgan fingerprint density at radius 1 is 1.27 bits per heavy atom. The molecule has 0 aromatic carbocycles. The highest BCUT2D eigenvalue weighted by molar-refractivity contribution is 5.91. The molecule has 0 aliphatic carbocycles. The van der Waals surface area contributed by atoms with E-state index in [1.54, 1.807) is 17.9 Å². The van der Waals surface area contributed by atoms with Crippen LogP contribution in [0.2, 0.25) is 0 Å². The van der Waals surface area contributed by atoms with Gasteiger partial charge in [0.25, 0.3) is 0 Å². The molecule has 1 fully saturated rings. The van der Waals surface area contributed by atoms with Crippen LogP contribution < -0.4 is 11.1 Å². The van der Waals surface area contributed by atoms with Crippen LogP contribution in [0.4, 0.5) is 5.82 Å². The number of carbonyl (C=O) groups excluding carboxylic acids is 2. The van der Waals surface area contributed by atoms with Crippen LogP contribution in [0.5, 0.6) is 0 Å². The minimum atomic E-state index is -0.435. The average molecular weight is 410 g/mol. The minimum Gasteiger partial charge on any atom is -0.360 e. The number of carbonyl (C=O) groups is 2. The van der Waals surface area contributed by atoms with Gasteiger partial charge in [-0.2, -0.15) is 0 Å². The predicted octanol–water partition coefficient (Wildman–Crippen LogP) is 1.28. The van der Waals surface area contributed by atoms with E-state index in [9.17, 15) is 9.59 Å². The highest BCUT2D eigenvalue weighted by Crippen LogP contribution is 2.10. The van der Waals surface area contributed by atoms with Gasteiger partial charge in [0.1, 0.15) is 5.76 Å². The maximum Gasteiger partial charge on any atom is 0.239 e. The second-order valence-corrected chi connectivity index (χ2v) is 6.71. The van der Waals surface area contributed by atoms with Gasteiger partial charge in [-0.3, -0.25) is 14.5 Å². The molecule has 2 heterocycles. The highest BCUT2D eigenvalue weighted by atomic mass is 35.5. The van der Waals surface area contributed by atoms with Gasteiger partial charge in [0.2, 0.25) is 11.8 Å². The zero-order valence-electron chi connectivity index (χ0n) is 15.4. The first-order valence-electron chi connectivity index (χ1n) is 8.35. The van der Waals surface area contributed by atoms with E-state index in [2.05, 4.69) is 24.3 Å². The number of amides is 2. The molecule has 150 valence electrons. The molecule has 2 amide bonds. The Balaban J connectivity index is 0.00000312. The summed E-state index contributed by atoms with van der Waals surface area (Å²) in [5, 5.41) is 6.43. The van der Waals surface area contributed by atoms with Gasteiger partial charge in [0.15, 0.2) is 5.82 Å². The number of halogens is 2. The van der Waals surface area contributed by atoms with Crippen molar-refractivity contribution in [1.82, 2.24) is 15.0 Å². The summed E-state index contributed by atoms with van der Waals surface area (Å²) < 4.78 is 4.91. The number of anilines is 1. The lowest BCUT2D eigenvalue weighted by Gasteiger charge is -2.35. The first-order chi connectivity index (χ1) is 11.3. The largest absolute Gasteiger partial charge is 0.360 e. The summed E-state index contributed by atoms with van der Waals surface area (Å²) in [6, 6.07) is 1.24. The van der Waals surface area contributed by atoms with Crippen LogP contribution in [0, 0.1) is 12.8 Å². The van der Waals surface area contributed by atoms with Gasteiger partial charge < -0.3 is 20.5 Å². The molecule has 1 aromatic rings. The fourth-order valence-electron chi connectivity index (χ4n) is 2.78. The Labute approximate surface area is 166 Å². The monoisotopic (exact) mass is 409 g/mol. The second kappa shape index (κ2) is 11.4. The fourth-order valence-corrected chi connectivity index (χ4v) is 2.78. The van der Waals surface area contributed by atoms with E-state index in [0.717, 1.165) is 0 Å². The maximum absolute atomic E-state index is 12.3. The quantitative estimate of drug-likeness (QED) is 0.732. The zero-order valence-corrected chi connectivity index (χ0v) is 17.1. The van der Waals surface area contributed by atoms with Crippen molar-refractivity contribution in [3.63, 3.8) is 0 Å². The number of aryl methyl sites for hydroxylation is 1. The van der Waals surface area contributed by atoms with Crippen LogP contribution in [0.1, 0.15) is 26.0 Å². The number of nitrogens with one attached hydrogen (secondary N) is 1. The molecule has 26 heavy (non-hydrogen) atoms. The Bertz CT molecular complexity index is 574. The molecule has 1 aromatic heterocycles. The molecule has 3 N–H and O–H groups in total. The summed E-state index contributed by atoms with van der Waals surface area (Å²) in [7, 11) is 0. The van der Waals surface area contributed by atoms with Crippen LogP contribution in [0.15, 0.2) is 10.6 Å². The summed E-state index contributed by atoms with van der Waals surface area (Å²) in [6.07, 6.45) is 0.693. The van der Waals surface area contributed by atoms with Gasteiger partial charge in [-0.25, -0.2) is 0 Å². The predicted molar refractivity (Wildman–Crippen MR) is 105 cm³/mol. The zero-order chi connectivity index (χ0) is 17.7. The molecular formula is C16H29Cl2N5O3. The van der Waals surface area contributed by atoms with Gasteiger partial charge >= 0.3 is 0 Å². The van der Waals surface area contributed by atoms with Crippen LogP contribution in [0.3, 0.4) is 0 Å². The summed E-state index contributed by atoms with van der Waals surface area (Å²) in [5.74, 6) is 1.33. The van der Waals surface area contributed by atoms with Crippen LogP contribution in [0.25, 0.3) is 0 Å². The average Bonchev–Trinajstić information content (AvgIpc) is 2.91. The van der Waals surface area contributed by atoms with Crippen molar-refractivity contribution in [3.8, 4) is 0 Å². The maximum atomic E-state index is 12.3. The first kappa shape index (κ1) is 24.7. The molecule has 2 rings (SSSR count). The minimum absolute atomic E-state index is 0. The van der Waals surface area contributed by atoms with Crippen LogP contribution >= 0.6 is 24.8 Å². The Kier molecular flexibility index (Phi) is 10.8. The van der Waals surface area contributed by atoms with Crippen molar-refractivity contribution in [3.05, 3.63) is 11.8 Å². The number of piperazine rings is 1. The SMILES string of the molecule is Cc1cc(NC(=O)CN2CCN(C(=O)[C@@H](N)CC(C)C)CC2)no1.Cl.Cl. The summed E-state index contributed by atoms with van der Waals surface area (Å²) in [6.45, 7) is 8.66. The lowest BCUT2D eigenvalue weighted by molar-refractivity contribution is -0.134. The molecule has 0 saturated carbocycles. The van der Waals surface area contributed by atoms with Crippen molar-refractivity contribution >= 4 is 42.4 Å². The van der Waals surface area contributed by atoms with Gasteiger partial charge in [0.05, 0.1) is 12.6 Å². The molecule has 1 saturated heterocycles. The third-order valence-corrected chi connectivity index (χ3v) is 3.99. The third kappa shape index (κ3) is 7.49. The van der Waals surface area contributed by atoms with Crippen molar-refractivity contribution in [1.29, 1.82) is 0 Å². The van der Waals surface area contributed by atoms with Crippen LogP contribution in [-0.4, -0.2) is 65.5 Å². The van der Waals surface area contributed by atoms with Crippen molar-refractivity contribution in [2.75, 3.05) is 38.0 Å². The van der Waals surface area contributed by atoms with Crippen molar-refractivity contribution in [2.45, 2.75) is 33.2 Å². The molecule has 8 nitrogen and oxygen atoms in total. The van der Waals surface area contributed by atoms with Gasteiger partial charge in [-0.05, 0) is 19.3 Å². The Morgan fingerprint density at radius 3 is 2.38 bits per heavy atom. The molecule has 0 bridgehead atoms. The van der Waals surface area contributed by atoms with Crippen molar-refractivity contribution in [2.24, 2.45) is 11.7 Å². The first-order valence-corrected chi connectivity index (χ1v) is 8.35. The molecule has 0 spiro atoms. The van der Waals surface area contributed by atoms with Crippen molar-refractivity contribution < 1.29 is 14.1 Å². The van der Waals surface area contributed by atoms with E-state index in [1.165, 1.54) is 0 Å². The number of aromatic nitrogens is 1. The Hall–Kier alpha value is -1.35. The fraction of sp³-hybridized carbons (Fsp3) is 0.688. The summed E-state index contributed by atoms with van der Waals surface area (Å²) >= 11 is 0. The summed E-state index contributed by atoms with van der Waals surface area (Å²) in [4.78, 5) is 28.1. The number of hydrogen-bond acceptors (Lipinski definition) is 6. The van der Waals surface area contributed by atoms with Gasteiger partial charge in [-0.15, -0.1) is 24.8 Å².